The summed E-state index contributed by atoms with van der Waals surface area (Å²) in [7, 11) is 0. The van der Waals surface area contributed by atoms with E-state index in [4.69, 9.17) is 0 Å². The van der Waals surface area contributed by atoms with Crippen molar-refractivity contribution in [1.29, 1.82) is 0 Å². The van der Waals surface area contributed by atoms with E-state index in [0.717, 1.165) is 17.2 Å². The molecule has 1 rings (SSSR count). The van der Waals surface area contributed by atoms with E-state index in [9.17, 15) is 0 Å². The molecule has 0 aromatic rings. The Hall–Kier alpha value is 0.310. The molecule has 0 amide bonds. The van der Waals surface area contributed by atoms with Crippen molar-refractivity contribution in [3.8, 4) is 0 Å². The predicted molar refractivity (Wildman–Crippen MR) is 62.1 cm³/mol. The van der Waals surface area contributed by atoms with E-state index < -0.39 is 0 Å². The van der Waals surface area contributed by atoms with Crippen LogP contribution in [0.1, 0.15) is 47.0 Å². The zero-order chi connectivity index (χ0) is 9.84. The Balaban J connectivity index is 2.41. The van der Waals surface area contributed by atoms with Gasteiger partial charge < -0.3 is 5.32 Å². The van der Waals surface area contributed by atoms with Gasteiger partial charge in [-0.1, -0.05) is 33.6 Å². The molecule has 0 radical (unpaired) electrons. The Kier molecular flexibility index (Phi) is 4.60. The van der Waals surface area contributed by atoms with Crippen LogP contribution < -0.4 is 5.32 Å². The monoisotopic (exact) mass is 201 g/mol. The number of unbranched alkanes of at least 4 members (excludes halogenated alkanes) is 1. The van der Waals surface area contributed by atoms with Gasteiger partial charge in [-0.25, -0.2) is 0 Å². The molecular formula is C11H23NS. The molecule has 3 atom stereocenters. The van der Waals surface area contributed by atoms with Crippen LogP contribution in [0, 0.1) is 5.92 Å². The maximum atomic E-state index is 3.68. The number of nitrogens with one attached hydrogen (secondary N) is 1. The summed E-state index contributed by atoms with van der Waals surface area (Å²) in [5, 5.41) is 5.18. The molecule has 0 bridgehead atoms. The standard InChI is InChI=1S/C11H23NS/c1-5-6-7-10-11(8(2)3)13-9(4)12-10/h8-12H,5-7H2,1-4H3. The van der Waals surface area contributed by atoms with Crippen molar-refractivity contribution >= 4 is 11.8 Å². The lowest BCUT2D eigenvalue weighted by Gasteiger charge is -2.21. The molecule has 0 aromatic carbocycles. The summed E-state index contributed by atoms with van der Waals surface area (Å²) in [6.45, 7) is 9.24. The molecule has 2 heteroatoms. The van der Waals surface area contributed by atoms with Gasteiger partial charge in [0.15, 0.2) is 0 Å². The van der Waals surface area contributed by atoms with Crippen molar-refractivity contribution < 1.29 is 0 Å². The van der Waals surface area contributed by atoms with Crippen LogP contribution in [0.5, 0.6) is 0 Å². The highest BCUT2D eigenvalue weighted by Crippen LogP contribution is 2.34. The molecule has 13 heavy (non-hydrogen) atoms. The van der Waals surface area contributed by atoms with Crippen LogP contribution >= 0.6 is 11.8 Å². The Morgan fingerprint density at radius 2 is 2.08 bits per heavy atom. The van der Waals surface area contributed by atoms with E-state index in [1.165, 1.54) is 19.3 Å². The Morgan fingerprint density at radius 1 is 1.38 bits per heavy atom. The normalized spacial score (nSPS) is 34.4. The molecule has 1 saturated heterocycles. The minimum atomic E-state index is 0.661. The first-order valence-corrected chi connectivity index (χ1v) is 6.51. The Morgan fingerprint density at radius 3 is 2.62 bits per heavy atom. The first kappa shape index (κ1) is 11.4. The third kappa shape index (κ3) is 3.17. The summed E-state index contributed by atoms with van der Waals surface area (Å²) in [6.07, 6.45) is 4.05. The molecule has 0 aromatic heterocycles. The van der Waals surface area contributed by atoms with Gasteiger partial charge in [0.05, 0.1) is 5.37 Å². The molecule has 1 nitrogen and oxygen atoms in total. The first-order valence-electron chi connectivity index (χ1n) is 5.56. The maximum absolute atomic E-state index is 3.68. The predicted octanol–water partition coefficient (Wildman–Crippen LogP) is 3.25. The molecule has 78 valence electrons. The average molecular weight is 201 g/mol. The van der Waals surface area contributed by atoms with E-state index in [1.807, 2.05) is 0 Å². The molecule has 0 aliphatic carbocycles. The van der Waals surface area contributed by atoms with E-state index in [0.29, 0.717) is 5.37 Å². The maximum Gasteiger partial charge on any atom is 0.0509 e. The van der Waals surface area contributed by atoms with Gasteiger partial charge in [-0.15, -0.1) is 11.8 Å². The quantitative estimate of drug-likeness (QED) is 0.749. The molecule has 0 saturated carbocycles. The first-order chi connectivity index (χ1) is 6.15. The van der Waals surface area contributed by atoms with E-state index >= 15 is 0 Å². The van der Waals surface area contributed by atoms with Crippen molar-refractivity contribution in [2.24, 2.45) is 5.92 Å². The second kappa shape index (κ2) is 5.26. The fourth-order valence-corrected chi connectivity index (χ4v) is 3.50. The zero-order valence-electron chi connectivity index (χ0n) is 9.34. The Bertz CT molecular complexity index is 147. The second-order valence-electron chi connectivity index (χ2n) is 4.40. The second-order valence-corrected chi connectivity index (χ2v) is 5.93. The molecule has 3 unspecified atom stereocenters. The number of rotatable bonds is 4. The van der Waals surface area contributed by atoms with Crippen molar-refractivity contribution in [3.63, 3.8) is 0 Å². The van der Waals surface area contributed by atoms with E-state index in [1.54, 1.807) is 0 Å². The van der Waals surface area contributed by atoms with Crippen LogP contribution in [0.4, 0.5) is 0 Å². The van der Waals surface area contributed by atoms with Gasteiger partial charge in [-0.3, -0.25) is 0 Å². The van der Waals surface area contributed by atoms with Crippen molar-refractivity contribution in [2.45, 2.75) is 63.6 Å². The van der Waals surface area contributed by atoms with Crippen LogP contribution in [-0.2, 0) is 0 Å². The summed E-state index contributed by atoms with van der Waals surface area (Å²) < 4.78 is 0. The minimum absolute atomic E-state index is 0.661. The minimum Gasteiger partial charge on any atom is -0.302 e. The van der Waals surface area contributed by atoms with E-state index in [-0.39, 0.29) is 0 Å². The summed E-state index contributed by atoms with van der Waals surface area (Å²) >= 11 is 2.12. The third-order valence-corrected chi connectivity index (χ3v) is 4.46. The lowest BCUT2D eigenvalue weighted by Crippen LogP contribution is -2.34. The molecule has 1 fully saturated rings. The van der Waals surface area contributed by atoms with Crippen molar-refractivity contribution in [1.82, 2.24) is 5.32 Å². The van der Waals surface area contributed by atoms with Gasteiger partial charge in [-0.05, 0) is 19.3 Å². The highest BCUT2D eigenvalue weighted by Gasteiger charge is 2.33. The van der Waals surface area contributed by atoms with Gasteiger partial charge in [0, 0.05) is 11.3 Å². The van der Waals surface area contributed by atoms with Crippen LogP contribution in [0.3, 0.4) is 0 Å². The molecule has 1 heterocycles. The summed E-state index contributed by atoms with van der Waals surface area (Å²) in [6, 6.07) is 0.764. The number of thioether (sulfide) groups is 1. The number of hydrogen-bond acceptors (Lipinski definition) is 2. The summed E-state index contributed by atoms with van der Waals surface area (Å²) in [5.41, 5.74) is 0. The van der Waals surface area contributed by atoms with Crippen LogP contribution in [-0.4, -0.2) is 16.7 Å². The largest absolute Gasteiger partial charge is 0.302 e. The van der Waals surface area contributed by atoms with Crippen molar-refractivity contribution in [2.75, 3.05) is 0 Å². The summed E-state index contributed by atoms with van der Waals surface area (Å²) in [4.78, 5) is 0. The number of hydrogen-bond donors (Lipinski definition) is 1. The van der Waals surface area contributed by atoms with E-state index in [2.05, 4.69) is 44.8 Å². The van der Waals surface area contributed by atoms with Gasteiger partial charge in [0.2, 0.25) is 0 Å². The highest BCUT2D eigenvalue weighted by atomic mass is 32.2. The molecular weight excluding hydrogens is 178 g/mol. The van der Waals surface area contributed by atoms with Gasteiger partial charge in [-0.2, -0.15) is 0 Å². The van der Waals surface area contributed by atoms with Crippen LogP contribution in [0.15, 0.2) is 0 Å². The molecule has 1 N–H and O–H groups in total. The lowest BCUT2D eigenvalue weighted by atomic mass is 9.98. The Labute approximate surface area is 87.1 Å². The zero-order valence-corrected chi connectivity index (χ0v) is 10.2. The lowest BCUT2D eigenvalue weighted by molar-refractivity contribution is 0.426. The SMILES string of the molecule is CCCCC1NC(C)SC1C(C)C. The third-order valence-electron chi connectivity index (χ3n) is 2.73. The van der Waals surface area contributed by atoms with Gasteiger partial charge in [0.1, 0.15) is 0 Å². The average Bonchev–Trinajstić information content (AvgIpc) is 2.43. The van der Waals surface area contributed by atoms with Gasteiger partial charge >= 0.3 is 0 Å². The molecule has 1 aliphatic rings. The topological polar surface area (TPSA) is 12.0 Å². The smallest absolute Gasteiger partial charge is 0.0509 e. The summed E-state index contributed by atoms with van der Waals surface area (Å²) in [5.74, 6) is 0.810. The fourth-order valence-electron chi connectivity index (χ4n) is 2.06. The highest BCUT2D eigenvalue weighted by molar-refractivity contribution is 8.00. The molecule has 1 aliphatic heterocycles. The molecule has 0 spiro atoms. The van der Waals surface area contributed by atoms with Crippen LogP contribution in [0.2, 0.25) is 0 Å². The fraction of sp³-hybridized carbons (Fsp3) is 1.00. The van der Waals surface area contributed by atoms with Crippen molar-refractivity contribution in [3.05, 3.63) is 0 Å². The van der Waals surface area contributed by atoms with Crippen LogP contribution in [0.25, 0.3) is 0 Å². The van der Waals surface area contributed by atoms with Gasteiger partial charge in [0.25, 0.3) is 0 Å².